The molecule has 0 bridgehead atoms. The zero-order valence-corrected chi connectivity index (χ0v) is 14.7. The molecule has 120 valence electrons. The third-order valence-corrected chi connectivity index (χ3v) is 4.58. The molecule has 1 rings (SSSR count). The number of nitrogens with zero attached hydrogens (tertiary/aromatic N) is 1. The van der Waals surface area contributed by atoms with Gasteiger partial charge in [0.2, 0.25) is 0 Å². The van der Waals surface area contributed by atoms with E-state index in [4.69, 9.17) is 0 Å². The molecule has 0 aliphatic rings. The number of rotatable bonds is 8. The van der Waals surface area contributed by atoms with Crippen LogP contribution in [0, 0.1) is 0 Å². The topological polar surface area (TPSA) is 23.5 Å². The van der Waals surface area contributed by atoms with E-state index >= 15 is 0 Å². The second-order valence-electron chi connectivity index (χ2n) is 6.39. The van der Waals surface area contributed by atoms with Crippen molar-refractivity contribution in [1.82, 2.24) is 4.90 Å². The summed E-state index contributed by atoms with van der Waals surface area (Å²) in [6.07, 6.45) is 4.32. The van der Waals surface area contributed by atoms with Crippen LogP contribution in [0.25, 0.3) is 0 Å². The summed E-state index contributed by atoms with van der Waals surface area (Å²) in [6, 6.07) is 4.44. The van der Waals surface area contributed by atoms with Crippen LogP contribution < -0.4 is 0 Å². The van der Waals surface area contributed by atoms with E-state index in [0.29, 0.717) is 17.6 Å². The Morgan fingerprint density at radius 1 is 0.857 bits per heavy atom. The second kappa shape index (κ2) is 8.43. The first kappa shape index (κ1) is 18.0. The molecule has 1 aromatic carbocycles. The van der Waals surface area contributed by atoms with Gasteiger partial charge < -0.3 is 10.0 Å². The van der Waals surface area contributed by atoms with Crippen molar-refractivity contribution in [1.29, 1.82) is 0 Å². The minimum absolute atomic E-state index is 0.459. The van der Waals surface area contributed by atoms with Crippen molar-refractivity contribution >= 4 is 0 Å². The van der Waals surface area contributed by atoms with Crippen molar-refractivity contribution in [3.8, 4) is 5.75 Å². The molecule has 2 heteroatoms. The molecule has 21 heavy (non-hydrogen) atoms. The predicted molar refractivity (Wildman–Crippen MR) is 92.1 cm³/mol. The molecule has 0 saturated heterocycles. The van der Waals surface area contributed by atoms with Crippen molar-refractivity contribution < 1.29 is 5.11 Å². The van der Waals surface area contributed by atoms with Crippen LogP contribution in [0.4, 0.5) is 0 Å². The quantitative estimate of drug-likeness (QED) is 0.706. The molecule has 0 unspecified atom stereocenters. The fraction of sp³-hybridized carbons (Fsp3) is 0.684. The molecule has 0 amide bonds. The Labute approximate surface area is 131 Å². The maximum Gasteiger partial charge on any atom is 0.122 e. The van der Waals surface area contributed by atoms with E-state index in [1.54, 1.807) is 0 Å². The van der Waals surface area contributed by atoms with Crippen LogP contribution >= 0.6 is 0 Å². The molecule has 0 saturated carbocycles. The Kier molecular flexibility index (Phi) is 7.24. The maximum atomic E-state index is 10.8. The first-order chi connectivity index (χ1) is 9.98. The molecule has 0 atom stereocenters. The summed E-state index contributed by atoms with van der Waals surface area (Å²) in [5.41, 5.74) is 3.63. The van der Waals surface area contributed by atoms with Crippen LogP contribution in [0.2, 0.25) is 0 Å². The monoisotopic (exact) mass is 291 g/mol. The maximum absolute atomic E-state index is 10.8. The lowest BCUT2D eigenvalue weighted by atomic mass is 9.85. The van der Waals surface area contributed by atoms with Gasteiger partial charge in [-0.2, -0.15) is 0 Å². The Bertz CT molecular complexity index is 398. The Balaban J connectivity index is 3.37. The van der Waals surface area contributed by atoms with E-state index in [1.807, 2.05) is 0 Å². The number of aromatic hydroxyl groups is 1. The summed E-state index contributed by atoms with van der Waals surface area (Å²) in [5.74, 6) is 1.47. The second-order valence-corrected chi connectivity index (χ2v) is 6.39. The molecular formula is C19H33NO. The average Bonchev–Trinajstić information content (AvgIpc) is 2.45. The largest absolute Gasteiger partial charge is 0.507 e. The van der Waals surface area contributed by atoms with Crippen LogP contribution in [-0.2, 0) is 6.54 Å². The summed E-state index contributed by atoms with van der Waals surface area (Å²) in [4.78, 5) is 2.19. The molecule has 1 aromatic rings. The van der Waals surface area contributed by atoms with Gasteiger partial charge in [-0.25, -0.2) is 0 Å². The lowest BCUT2D eigenvalue weighted by Gasteiger charge is -2.23. The van der Waals surface area contributed by atoms with Gasteiger partial charge in [0.25, 0.3) is 0 Å². The van der Waals surface area contributed by atoms with Gasteiger partial charge in [0, 0.05) is 6.54 Å². The highest BCUT2D eigenvalue weighted by atomic mass is 16.3. The Hall–Kier alpha value is -1.02. The van der Waals surface area contributed by atoms with Gasteiger partial charge in [-0.15, -0.1) is 0 Å². The minimum Gasteiger partial charge on any atom is -0.507 e. The third-order valence-electron chi connectivity index (χ3n) is 4.58. The van der Waals surface area contributed by atoms with Gasteiger partial charge >= 0.3 is 0 Å². The van der Waals surface area contributed by atoms with E-state index < -0.39 is 0 Å². The highest BCUT2D eigenvalue weighted by molar-refractivity contribution is 5.47. The van der Waals surface area contributed by atoms with Crippen LogP contribution in [-0.4, -0.2) is 24.1 Å². The third kappa shape index (κ3) is 4.47. The Morgan fingerprint density at radius 3 is 1.52 bits per heavy atom. The first-order valence-corrected chi connectivity index (χ1v) is 8.48. The fourth-order valence-electron chi connectivity index (χ4n) is 3.28. The van der Waals surface area contributed by atoms with Crippen LogP contribution in [0.1, 0.15) is 81.9 Å². The van der Waals surface area contributed by atoms with Crippen molar-refractivity contribution in [2.24, 2.45) is 0 Å². The number of phenols is 1. The highest BCUT2D eigenvalue weighted by Crippen LogP contribution is 2.39. The molecule has 0 heterocycles. The molecule has 0 aromatic heterocycles. The molecule has 0 fully saturated rings. The lowest BCUT2D eigenvalue weighted by molar-refractivity contribution is 0.399. The minimum atomic E-state index is 0.459. The van der Waals surface area contributed by atoms with Crippen LogP contribution in [0.15, 0.2) is 12.1 Å². The number of hydrogen-bond acceptors (Lipinski definition) is 2. The summed E-state index contributed by atoms with van der Waals surface area (Å²) < 4.78 is 0. The zero-order valence-electron chi connectivity index (χ0n) is 14.7. The van der Waals surface area contributed by atoms with E-state index in [2.05, 4.69) is 58.8 Å². The van der Waals surface area contributed by atoms with Gasteiger partial charge in [-0.05, 0) is 68.3 Å². The molecule has 0 spiro atoms. The van der Waals surface area contributed by atoms with Crippen LogP contribution in [0.3, 0.4) is 0 Å². The molecule has 0 radical (unpaired) electrons. The van der Waals surface area contributed by atoms with Crippen molar-refractivity contribution in [2.75, 3.05) is 14.1 Å². The summed E-state index contributed by atoms with van der Waals surface area (Å²) in [6.45, 7) is 9.78. The SMILES string of the molecule is CCC(CC)c1cc(CN(C)C)cc(C(CC)CC)c1O. The van der Waals surface area contributed by atoms with Gasteiger partial charge in [0.15, 0.2) is 0 Å². The van der Waals surface area contributed by atoms with E-state index in [9.17, 15) is 5.11 Å². The van der Waals surface area contributed by atoms with E-state index in [1.165, 1.54) is 5.56 Å². The van der Waals surface area contributed by atoms with E-state index in [0.717, 1.165) is 43.4 Å². The molecule has 0 aliphatic heterocycles. The van der Waals surface area contributed by atoms with E-state index in [-0.39, 0.29) is 0 Å². The van der Waals surface area contributed by atoms with Gasteiger partial charge in [0.1, 0.15) is 5.75 Å². The van der Waals surface area contributed by atoms with Gasteiger partial charge in [-0.3, -0.25) is 0 Å². The summed E-state index contributed by atoms with van der Waals surface area (Å²) in [7, 11) is 4.20. The lowest BCUT2D eigenvalue weighted by Crippen LogP contribution is -2.12. The highest BCUT2D eigenvalue weighted by Gasteiger charge is 2.20. The van der Waals surface area contributed by atoms with Crippen molar-refractivity contribution in [2.45, 2.75) is 71.8 Å². The predicted octanol–water partition coefficient (Wildman–Crippen LogP) is 5.26. The molecule has 0 aliphatic carbocycles. The molecule has 2 nitrogen and oxygen atoms in total. The number of benzene rings is 1. The summed E-state index contributed by atoms with van der Waals surface area (Å²) >= 11 is 0. The van der Waals surface area contributed by atoms with Gasteiger partial charge in [0.05, 0.1) is 0 Å². The van der Waals surface area contributed by atoms with Gasteiger partial charge in [-0.1, -0.05) is 39.8 Å². The first-order valence-electron chi connectivity index (χ1n) is 8.48. The molecular weight excluding hydrogens is 258 g/mol. The van der Waals surface area contributed by atoms with Crippen molar-refractivity contribution in [3.05, 3.63) is 28.8 Å². The molecule has 1 N–H and O–H groups in total. The zero-order chi connectivity index (χ0) is 16.0. The normalized spacial score (nSPS) is 11.9. The fourth-order valence-corrected chi connectivity index (χ4v) is 3.28. The average molecular weight is 291 g/mol. The van der Waals surface area contributed by atoms with Crippen LogP contribution in [0.5, 0.6) is 5.75 Å². The summed E-state index contributed by atoms with van der Waals surface area (Å²) in [5, 5.41) is 10.8. The number of hydrogen-bond donors (Lipinski definition) is 1. The van der Waals surface area contributed by atoms with Crippen molar-refractivity contribution in [3.63, 3.8) is 0 Å². The smallest absolute Gasteiger partial charge is 0.122 e. The Morgan fingerprint density at radius 2 is 1.24 bits per heavy atom. The standard InChI is InChI=1S/C19H33NO/c1-7-15(8-2)17-11-14(13-20(5)6)12-18(19(17)21)16(9-3)10-4/h11-12,15-16,21H,7-10,13H2,1-6H3. The number of phenolic OH excluding ortho intramolecular Hbond substituents is 1.